The van der Waals surface area contributed by atoms with Crippen LogP contribution in [0.2, 0.25) is 0 Å². The second-order valence-corrected chi connectivity index (χ2v) is 3.66. The minimum atomic E-state index is -0.433. The number of aldehydes is 1. The molecule has 0 bridgehead atoms. The fourth-order valence-corrected chi connectivity index (χ4v) is 1.89. The van der Waals surface area contributed by atoms with Crippen molar-refractivity contribution < 1.29 is 9.59 Å². The van der Waals surface area contributed by atoms with E-state index in [9.17, 15) is 9.59 Å². The van der Waals surface area contributed by atoms with E-state index in [1.165, 1.54) is 0 Å². The summed E-state index contributed by atoms with van der Waals surface area (Å²) in [6.07, 6.45) is 2.27. The van der Waals surface area contributed by atoms with Gasteiger partial charge in [0.05, 0.1) is 5.92 Å². The van der Waals surface area contributed by atoms with Crippen LogP contribution in [0.25, 0.3) is 0 Å². The van der Waals surface area contributed by atoms with Gasteiger partial charge in [-0.15, -0.1) is 0 Å². The summed E-state index contributed by atoms with van der Waals surface area (Å²) in [4.78, 5) is 22.3. The fourth-order valence-electron chi connectivity index (χ4n) is 1.89. The lowest BCUT2D eigenvalue weighted by molar-refractivity contribution is -0.109. The third-order valence-electron chi connectivity index (χ3n) is 2.79. The zero-order valence-electron chi connectivity index (χ0n) is 8.12. The Hall–Kier alpha value is -1.44. The zero-order valence-corrected chi connectivity index (χ0v) is 8.12. The first-order chi connectivity index (χ1) is 6.76. The molecule has 0 heterocycles. The molecule has 1 atom stereocenters. The molecule has 2 nitrogen and oxygen atoms in total. The lowest BCUT2D eigenvalue weighted by Crippen LogP contribution is -2.09. The number of fused-ring (bicyclic) bond motifs is 1. The largest absolute Gasteiger partial charge is 0.303 e. The highest BCUT2D eigenvalue weighted by Crippen LogP contribution is 2.26. The van der Waals surface area contributed by atoms with Gasteiger partial charge in [-0.25, -0.2) is 0 Å². The van der Waals surface area contributed by atoms with Crippen LogP contribution in [0, 0.1) is 5.92 Å². The van der Waals surface area contributed by atoms with Crippen LogP contribution in [0.4, 0.5) is 0 Å². The Labute approximate surface area is 82.9 Å². The molecule has 0 spiro atoms. The van der Waals surface area contributed by atoms with Crippen LogP contribution >= 0.6 is 0 Å². The maximum absolute atomic E-state index is 11.7. The average Bonchev–Trinajstić information content (AvgIpc) is 2.55. The summed E-state index contributed by atoms with van der Waals surface area (Å²) < 4.78 is 0. The topological polar surface area (TPSA) is 34.1 Å². The summed E-state index contributed by atoms with van der Waals surface area (Å²) in [5.41, 5.74) is 2.93. The molecule has 2 heteroatoms. The van der Waals surface area contributed by atoms with Crippen LogP contribution in [0.5, 0.6) is 0 Å². The van der Waals surface area contributed by atoms with Gasteiger partial charge in [-0.3, -0.25) is 4.79 Å². The van der Waals surface area contributed by atoms with E-state index in [2.05, 4.69) is 6.92 Å². The summed E-state index contributed by atoms with van der Waals surface area (Å²) in [5.74, 6) is -0.442. The average molecular weight is 188 g/mol. The van der Waals surface area contributed by atoms with E-state index in [0.717, 1.165) is 29.4 Å². The number of benzene rings is 1. The Kier molecular flexibility index (Phi) is 2.20. The van der Waals surface area contributed by atoms with Gasteiger partial charge in [0.1, 0.15) is 6.29 Å². The maximum Gasteiger partial charge on any atom is 0.173 e. The molecule has 14 heavy (non-hydrogen) atoms. The van der Waals surface area contributed by atoms with Gasteiger partial charge in [0.2, 0.25) is 0 Å². The van der Waals surface area contributed by atoms with Gasteiger partial charge in [-0.1, -0.05) is 19.1 Å². The summed E-state index contributed by atoms with van der Waals surface area (Å²) in [6.45, 7) is 2.05. The number of Topliss-reactive ketones (excluding diaryl/α,β-unsaturated/α-hetero) is 1. The highest BCUT2D eigenvalue weighted by molar-refractivity contribution is 6.09. The van der Waals surface area contributed by atoms with E-state index in [4.69, 9.17) is 0 Å². The predicted molar refractivity (Wildman–Crippen MR) is 53.4 cm³/mol. The van der Waals surface area contributed by atoms with E-state index in [1.807, 2.05) is 18.2 Å². The summed E-state index contributed by atoms with van der Waals surface area (Å²) in [6, 6.07) is 5.91. The molecule has 0 aliphatic heterocycles. The molecule has 1 aliphatic carbocycles. The van der Waals surface area contributed by atoms with Crippen molar-refractivity contribution in [3.8, 4) is 0 Å². The number of carbonyl (C=O) groups excluding carboxylic acids is 2. The number of hydrogen-bond donors (Lipinski definition) is 0. The second kappa shape index (κ2) is 3.37. The molecular weight excluding hydrogens is 176 g/mol. The third-order valence-corrected chi connectivity index (χ3v) is 2.79. The molecule has 1 aromatic carbocycles. The molecule has 0 aromatic heterocycles. The zero-order chi connectivity index (χ0) is 10.1. The Morgan fingerprint density at radius 1 is 1.50 bits per heavy atom. The van der Waals surface area contributed by atoms with E-state index in [0.29, 0.717) is 6.42 Å². The first-order valence-electron chi connectivity index (χ1n) is 4.87. The van der Waals surface area contributed by atoms with Crippen LogP contribution in [0.3, 0.4) is 0 Å². The fraction of sp³-hybridized carbons (Fsp3) is 0.333. The molecular formula is C12H12O2. The molecule has 1 unspecified atom stereocenters. The lowest BCUT2D eigenvalue weighted by Gasteiger charge is -2.00. The third kappa shape index (κ3) is 1.27. The smallest absolute Gasteiger partial charge is 0.173 e. The van der Waals surface area contributed by atoms with Gasteiger partial charge in [0.15, 0.2) is 5.78 Å². The SMILES string of the molecule is CCc1ccc2c(c1)C(=O)C(C=O)C2. The Morgan fingerprint density at radius 3 is 2.93 bits per heavy atom. The van der Waals surface area contributed by atoms with Crippen LogP contribution in [-0.2, 0) is 17.6 Å². The van der Waals surface area contributed by atoms with Gasteiger partial charge < -0.3 is 4.79 Å². The molecule has 72 valence electrons. The molecule has 0 saturated heterocycles. The predicted octanol–water partition coefficient (Wildman–Crippen LogP) is 1.80. The number of rotatable bonds is 2. The van der Waals surface area contributed by atoms with E-state index >= 15 is 0 Å². The van der Waals surface area contributed by atoms with Gasteiger partial charge in [0.25, 0.3) is 0 Å². The first kappa shape index (κ1) is 9.13. The molecule has 1 aromatic rings. The normalized spacial score (nSPS) is 19.5. The van der Waals surface area contributed by atoms with Crippen molar-refractivity contribution in [2.45, 2.75) is 19.8 Å². The maximum atomic E-state index is 11.7. The van der Waals surface area contributed by atoms with Crippen LogP contribution < -0.4 is 0 Å². The summed E-state index contributed by atoms with van der Waals surface area (Å²) >= 11 is 0. The number of hydrogen-bond acceptors (Lipinski definition) is 2. The summed E-state index contributed by atoms with van der Waals surface area (Å²) in [5, 5.41) is 0. The van der Waals surface area contributed by atoms with Crippen molar-refractivity contribution in [2.24, 2.45) is 5.92 Å². The monoisotopic (exact) mass is 188 g/mol. The summed E-state index contributed by atoms with van der Waals surface area (Å²) in [7, 11) is 0. The highest BCUT2D eigenvalue weighted by Gasteiger charge is 2.29. The molecule has 0 radical (unpaired) electrons. The number of ketones is 1. The molecule has 0 N–H and O–H groups in total. The first-order valence-corrected chi connectivity index (χ1v) is 4.87. The van der Waals surface area contributed by atoms with Gasteiger partial charge in [0, 0.05) is 5.56 Å². The van der Waals surface area contributed by atoms with Crippen molar-refractivity contribution in [2.75, 3.05) is 0 Å². The molecule has 0 fully saturated rings. The number of aryl methyl sites for hydroxylation is 1. The van der Waals surface area contributed by atoms with Gasteiger partial charge in [-0.05, 0) is 30.0 Å². The Bertz CT molecular complexity index is 393. The van der Waals surface area contributed by atoms with Crippen molar-refractivity contribution in [3.05, 3.63) is 34.9 Å². The highest BCUT2D eigenvalue weighted by atomic mass is 16.1. The standard InChI is InChI=1S/C12H12O2/c1-2-8-3-4-9-6-10(7-13)12(14)11(9)5-8/h3-5,7,10H,2,6H2,1H3. The molecule has 1 aliphatic rings. The van der Waals surface area contributed by atoms with Gasteiger partial charge >= 0.3 is 0 Å². The number of carbonyl (C=O) groups is 2. The van der Waals surface area contributed by atoms with Crippen molar-refractivity contribution >= 4 is 12.1 Å². The Balaban J connectivity index is 2.44. The minimum absolute atomic E-state index is 0.00898. The van der Waals surface area contributed by atoms with Gasteiger partial charge in [-0.2, -0.15) is 0 Å². The minimum Gasteiger partial charge on any atom is -0.303 e. The van der Waals surface area contributed by atoms with E-state index in [-0.39, 0.29) is 5.78 Å². The van der Waals surface area contributed by atoms with Crippen molar-refractivity contribution in [1.82, 2.24) is 0 Å². The lowest BCUT2D eigenvalue weighted by atomic mass is 10.0. The van der Waals surface area contributed by atoms with Crippen LogP contribution in [-0.4, -0.2) is 12.1 Å². The van der Waals surface area contributed by atoms with E-state index < -0.39 is 5.92 Å². The molecule has 2 rings (SSSR count). The molecule has 0 amide bonds. The van der Waals surface area contributed by atoms with Crippen LogP contribution in [0.1, 0.15) is 28.4 Å². The molecule has 0 saturated carbocycles. The van der Waals surface area contributed by atoms with E-state index in [1.54, 1.807) is 0 Å². The van der Waals surface area contributed by atoms with Crippen molar-refractivity contribution in [1.29, 1.82) is 0 Å². The Morgan fingerprint density at radius 2 is 2.29 bits per heavy atom. The van der Waals surface area contributed by atoms with Crippen LogP contribution in [0.15, 0.2) is 18.2 Å². The second-order valence-electron chi connectivity index (χ2n) is 3.66. The quantitative estimate of drug-likeness (QED) is 0.524. The van der Waals surface area contributed by atoms with Crippen molar-refractivity contribution in [3.63, 3.8) is 0 Å².